The lowest BCUT2D eigenvalue weighted by Crippen LogP contribution is -2.53. The lowest BCUT2D eigenvalue weighted by Gasteiger charge is -2.50. The van der Waals surface area contributed by atoms with Crippen molar-refractivity contribution in [3.05, 3.63) is 11.1 Å². The number of fused-ring (bicyclic) bond motifs is 3. The number of aliphatic hydroxyl groups excluding tert-OH is 1. The second kappa shape index (κ2) is 3.83. The first-order valence-electron chi connectivity index (χ1n) is 7.12. The molecule has 19 heavy (non-hydrogen) atoms. The molecule has 1 aliphatic heterocycles. The van der Waals surface area contributed by atoms with E-state index in [4.69, 9.17) is 4.74 Å². The monoisotopic (exact) mass is 266 g/mol. The average molecular weight is 266 g/mol. The van der Waals surface area contributed by atoms with E-state index < -0.39 is 23.7 Å². The molecule has 2 aliphatic carbocycles. The van der Waals surface area contributed by atoms with Crippen molar-refractivity contribution in [1.29, 1.82) is 0 Å². The highest BCUT2D eigenvalue weighted by molar-refractivity contribution is 5.77. The van der Waals surface area contributed by atoms with Gasteiger partial charge in [0, 0.05) is 0 Å². The Morgan fingerprint density at radius 3 is 2.68 bits per heavy atom. The largest absolute Gasteiger partial charge is 0.454 e. The smallest absolute Gasteiger partial charge is 0.312 e. The van der Waals surface area contributed by atoms with Crippen LogP contribution < -0.4 is 0 Å². The fourth-order valence-corrected chi connectivity index (χ4v) is 4.13. The summed E-state index contributed by atoms with van der Waals surface area (Å²) in [6.07, 6.45) is 2.04. The topological polar surface area (TPSA) is 66.8 Å². The molecule has 1 saturated heterocycles. The number of hydrogen-bond donors (Lipinski definition) is 2. The van der Waals surface area contributed by atoms with Gasteiger partial charge in [-0.2, -0.15) is 0 Å². The summed E-state index contributed by atoms with van der Waals surface area (Å²) >= 11 is 0. The minimum absolute atomic E-state index is 0.0510. The first kappa shape index (κ1) is 13.1. The van der Waals surface area contributed by atoms with Gasteiger partial charge in [0.1, 0.15) is 5.60 Å². The Morgan fingerprint density at radius 1 is 1.32 bits per heavy atom. The minimum atomic E-state index is -1.09. The highest BCUT2D eigenvalue weighted by atomic mass is 16.6. The maximum atomic E-state index is 11.8. The van der Waals surface area contributed by atoms with Crippen LogP contribution in [0.1, 0.15) is 46.5 Å². The molecule has 4 heteroatoms. The summed E-state index contributed by atoms with van der Waals surface area (Å²) in [4.78, 5) is 11.8. The maximum Gasteiger partial charge on any atom is 0.312 e. The van der Waals surface area contributed by atoms with Gasteiger partial charge in [-0.15, -0.1) is 0 Å². The maximum absolute atomic E-state index is 11.8. The van der Waals surface area contributed by atoms with Crippen LogP contribution in [-0.2, 0) is 9.53 Å². The van der Waals surface area contributed by atoms with Crippen LogP contribution in [-0.4, -0.2) is 34.0 Å². The second-order valence-corrected chi connectivity index (χ2v) is 6.74. The normalized spacial score (nSPS) is 49.7. The zero-order valence-electron chi connectivity index (χ0n) is 11.8. The van der Waals surface area contributed by atoms with E-state index in [0.29, 0.717) is 6.42 Å². The summed E-state index contributed by atoms with van der Waals surface area (Å²) in [5.74, 6) is -0.807. The number of esters is 1. The molecule has 4 nitrogen and oxygen atoms in total. The van der Waals surface area contributed by atoms with Gasteiger partial charge in [0.2, 0.25) is 0 Å². The molecule has 0 radical (unpaired) electrons. The van der Waals surface area contributed by atoms with Crippen LogP contribution in [0, 0.1) is 11.3 Å². The fraction of sp³-hybridized carbons (Fsp3) is 0.800. The lowest BCUT2D eigenvalue weighted by atomic mass is 9.57. The van der Waals surface area contributed by atoms with Crippen LogP contribution >= 0.6 is 0 Å². The third kappa shape index (κ3) is 1.56. The molecule has 3 rings (SSSR count). The molecule has 1 saturated carbocycles. The van der Waals surface area contributed by atoms with E-state index in [1.165, 1.54) is 0 Å². The number of hydrogen-bond acceptors (Lipinski definition) is 4. The Kier molecular flexibility index (Phi) is 2.64. The Labute approximate surface area is 113 Å². The fourth-order valence-electron chi connectivity index (χ4n) is 4.13. The van der Waals surface area contributed by atoms with Gasteiger partial charge in [-0.25, -0.2) is 0 Å². The van der Waals surface area contributed by atoms with Crippen molar-refractivity contribution in [1.82, 2.24) is 0 Å². The molecule has 2 fully saturated rings. The van der Waals surface area contributed by atoms with Crippen molar-refractivity contribution in [3.63, 3.8) is 0 Å². The molecule has 0 spiro atoms. The van der Waals surface area contributed by atoms with E-state index in [9.17, 15) is 15.0 Å². The van der Waals surface area contributed by atoms with E-state index in [-0.39, 0.29) is 11.4 Å². The molecule has 3 aliphatic rings. The number of carbonyl (C=O) groups excluding carboxylic acids is 1. The zero-order valence-corrected chi connectivity index (χ0v) is 11.8. The summed E-state index contributed by atoms with van der Waals surface area (Å²) < 4.78 is 5.48. The predicted octanol–water partition coefficient (Wildman–Crippen LogP) is 1.55. The Morgan fingerprint density at radius 2 is 2.00 bits per heavy atom. The number of carbonyl (C=O) groups is 1. The molecule has 0 aromatic rings. The highest BCUT2D eigenvalue weighted by Gasteiger charge is 2.62. The molecule has 0 aromatic heterocycles. The Balaban J connectivity index is 2.12. The van der Waals surface area contributed by atoms with Crippen molar-refractivity contribution in [2.75, 3.05) is 0 Å². The van der Waals surface area contributed by atoms with Crippen molar-refractivity contribution in [2.24, 2.45) is 11.3 Å². The van der Waals surface area contributed by atoms with Crippen LogP contribution in [0.4, 0.5) is 0 Å². The number of ether oxygens (including phenoxy) is 1. The lowest BCUT2D eigenvalue weighted by molar-refractivity contribution is -0.143. The molecular formula is C15H22O4. The SMILES string of the molecule is CC1=C2[C@H]3OC(=O)[C@@H](C)[C@@]3(O)CC[C@@]2(C)CC[C@H]1O. The van der Waals surface area contributed by atoms with E-state index in [2.05, 4.69) is 6.92 Å². The van der Waals surface area contributed by atoms with Crippen LogP contribution in [0.3, 0.4) is 0 Å². The first-order valence-corrected chi connectivity index (χ1v) is 7.12. The van der Waals surface area contributed by atoms with E-state index in [1.54, 1.807) is 6.92 Å². The third-order valence-electron chi connectivity index (χ3n) is 5.68. The molecule has 106 valence electrons. The van der Waals surface area contributed by atoms with Gasteiger partial charge in [0.25, 0.3) is 0 Å². The van der Waals surface area contributed by atoms with Crippen molar-refractivity contribution in [3.8, 4) is 0 Å². The Bertz CT molecular complexity index is 469. The van der Waals surface area contributed by atoms with E-state index in [1.807, 2.05) is 6.92 Å². The van der Waals surface area contributed by atoms with Gasteiger partial charge < -0.3 is 14.9 Å². The molecule has 0 bridgehead atoms. The van der Waals surface area contributed by atoms with Crippen LogP contribution in [0.15, 0.2) is 11.1 Å². The van der Waals surface area contributed by atoms with Gasteiger partial charge in [0.05, 0.1) is 12.0 Å². The summed E-state index contributed by atoms with van der Waals surface area (Å²) in [6.45, 7) is 5.80. The summed E-state index contributed by atoms with van der Waals surface area (Å²) in [6, 6.07) is 0. The van der Waals surface area contributed by atoms with Gasteiger partial charge in [-0.1, -0.05) is 6.92 Å². The number of rotatable bonds is 0. The summed E-state index contributed by atoms with van der Waals surface area (Å²) in [5.41, 5.74) is 0.714. The van der Waals surface area contributed by atoms with Crippen LogP contribution in [0.2, 0.25) is 0 Å². The predicted molar refractivity (Wildman–Crippen MR) is 69.3 cm³/mol. The molecule has 2 N–H and O–H groups in total. The molecule has 5 atom stereocenters. The van der Waals surface area contributed by atoms with Crippen LogP contribution in [0.5, 0.6) is 0 Å². The van der Waals surface area contributed by atoms with E-state index in [0.717, 1.165) is 30.4 Å². The minimum Gasteiger partial charge on any atom is -0.454 e. The molecule has 1 heterocycles. The number of aliphatic hydroxyl groups is 2. The van der Waals surface area contributed by atoms with E-state index >= 15 is 0 Å². The molecular weight excluding hydrogens is 244 g/mol. The second-order valence-electron chi connectivity index (χ2n) is 6.74. The molecule has 0 amide bonds. The molecule has 0 unspecified atom stereocenters. The summed E-state index contributed by atoms with van der Waals surface area (Å²) in [5, 5.41) is 20.9. The highest BCUT2D eigenvalue weighted by Crippen LogP contribution is 2.56. The first-order chi connectivity index (χ1) is 8.79. The van der Waals surface area contributed by atoms with Crippen LogP contribution in [0.25, 0.3) is 0 Å². The van der Waals surface area contributed by atoms with Crippen molar-refractivity contribution < 1.29 is 19.7 Å². The molecule has 0 aromatic carbocycles. The Hall–Kier alpha value is -0.870. The van der Waals surface area contributed by atoms with Gasteiger partial charge in [-0.05, 0) is 56.1 Å². The summed E-state index contributed by atoms with van der Waals surface area (Å²) in [7, 11) is 0. The van der Waals surface area contributed by atoms with Gasteiger partial charge >= 0.3 is 5.97 Å². The third-order valence-corrected chi connectivity index (χ3v) is 5.68. The standard InChI is InChI=1S/C15H22O4/c1-8-10(16)4-5-14(3)6-7-15(18)9(2)13(17)19-12(15)11(8)14/h9-10,12,16,18H,4-7H2,1-3H3/t9-,10-,12-,14-,15+/m1/s1. The van der Waals surface area contributed by atoms with Crippen molar-refractivity contribution in [2.45, 2.75) is 64.3 Å². The quantitative estimate of drug-likeness (QED) is 0.515. The van der Waals surface area contributed by atoms with Gasteiger partial charge in [-0.3, -0.25) is 4.79 Å². The van der Waals surface area contributed by atoms with Crippen molar-refractivity contribution >= 4 is 5.97 Å². The van der Waals surface area contributed by atoms with Gasteiger partial charge in [0.15, 0.2) is 6.10 Å². The average Bonchev–Trinajstić information content (AvgIpc) is 2.59. The zero-order chi connectivity index (χ0) is 14.0.